The molecule has 794 valence electrons. The van der Waals surface area contributed by atoms with Crippen LogP contribution in [-0.4, -0.2) is 131 Å². The molecule has 7 aromatic carbocycles. The van der Waals surface area contributed by atoms with Gasteiger partial charge in [-0.15, -0.1) is 23.2 Å². The maximum absolute atomic E-state index is 16.0. The van der Waals surface area contributed by atoms with Crippen LogP contribution < -0.4 is 49.7 Å². The molecular formula is C110H107Cl2CuF8N7O22+. The van der Waals surface area contributed by atoms with E-state index in [1.54, 1.807) is 99.8 Å². The zero-order chi connectivity index (χ0) is 107. The second-order valence-corrected chi connectivity index (χ2v) is 33.1. The van der Waals surface area contributed by atoms with E-state index >= 15 is 13.2 Å². The summed E-state index contributed by atoms with van der Waals surface area (Å²) in [5.74, 6) is -4.20. The van der Waals surface area contributed by atoms with E-state index in [9.17, 15) is 61.6 Å². The van der Waals surface area contributed by atoms with Crippen LogP contribution in [0.3, 0.4) is 0 Å². The quantitative estimate of drug-likeness (QED) is 0.00303. The van der Waals surface area contributed by atoms with Gasteiger partial charge in [0.15, 0.2) is 46.0 Å². The van der Waals surface area contributed by atoms with Crippen molar-refractivity contribution in [2.45, 2.75) is 105 Å². The number of allylic oxidation sites excluding steroid dienone is 10. The standard InChI is InChI=1S/C26H25F2NO5.2C26H23F2NO5.C26H24FNO5.C3H5N2O2.CH2Cl2.CN.CH4.Cu.FH/c3*1-14-19(12-23(30)29-13-17-5-4-8-34-17)20-11-16(27)6-7-18(20)24(14)25(28)15-9-21(32-2)26(31)22(10-15)33-3;1-15-20(9-16-10-23(31-2)26(30)24(11-16)32-3)19-7-6-17(27)12-22(19)21(15)13-25(29)28-14-18-5-4-8-33-18;1-7-3(6)2-5-4;2-1-3;1-2;;;/h4-11,24-25,31H,12-13H2,1-3H3,(H,29,30);4-11,31H,12-13H2,1-3H3,(H,29,30);4-11,24H,12-13H2,1-3H3,(H,29,30);4-12,30H,13-14H2,1-3H3,(H,28,29);2,4H,1H3;1H2;;1H4;;1H/q;;;;+1;;-1;;+1;/b;25-24+;;20-9-;;;;;;. The Labute approximate surface area is 879 Å². The molecule has 4 heterocycles. The summed E-state index contributed by atoms with van der Waals surface area (Å²) in [6.07, 6.45) is 9.78. The first kappa shape index (κ1) is 120. The monoisotopic (exact) mass is 2160 g/mol. The number of nitrogens with zero attached hydrogens (tertiary/aromatic N) is 2. The molecule has 40 heteroatoms. The van der Waals surface area contributed by atoms with Crippen LogP contribution in [0, 0.1) is 40.6 Å². The van der Waals surface area contributed by atoms with E-state index in [0.29, 0.717) is 95.4 Å². The largest absolute Gasteiger partial charge is 1.00 e. The Hall–Kier alpha value is -16.5. The van der Waals surface area contributed by atoms with Gasteiger partial charge in [-0.25, -0.2) is 35.5 Å². The number of furan rings is 4. The Balaban J connectivity index is 0.000000259. The molecular weight excluding hydrogens is 2060 g/mol. The fourth-order valence-corrected chi connectivity index (χ4v) is 16.7. The molecule has 4 aromatic heterocycles. The zero-order valence-electron chi connectivity index (χ0n) is 82.3. The van der Waals surface area contributed by atoms with Crippen molar-refractivity contribution in [2.24, 2.45) is 0 Å². The number of nitrogens with one attached hydrogen (secondary N) is 5. The summed E-state index contributed by atoms with van der Waals surface area (Å²) in [4.78, 5) is 75.4. The number of esters is 1. The van der Waals surface area contributed by atoms with Crippen molar-refractivity contribution in [3.05, 3.63) is 354 Å². The van der Waals surface area contributed by atoms with E-state index in [2.05, 4.69) is 30.8 Å². The van der Waals surface area contributed by atoms with Crippen LogP contribution >= 0.6 is 23.2 Å². The molecule has 150 heavy (non-hydrogen) atoms. The molecule has 0 spiro atoms. The Morgan fingerprint density at radius 2 is 0.827 bits per heavy atom. The van der Waals surface area contributed by atoms with Gasteiger partial charge in [-0.05, 0) is 274 Å². The summed E-state index contributed by atoms with van der Waals surface area (Å²) < 4.78 is 171. The molecule has 29 nitrogen and oxygen atoms in total. The third kappa shape index (κ3) is 29.3. The predicted octanol–water partition coefficient (Wildman–Crippen LogP) is 22.7. The average Bonchev–Trinajstić information content (AvgIpc) is 1.62. The molecule has 11 aromatic rings. The van der Waals surface area contributed by atoms with Gasteiger partial charge in [0.25, 0.3) is 5.78 Å². The van der Waals surface area contributed by atoms with Crippen LogP contribution in [-0.2, 0) is 86.2 Å². The van der Waals surface area contributed by atoms with E-state index in [4.69, 9.17) is 96.1 Å². The first-order chi connectivity index (χ1) is 70.6. The number of carbonyl (C=O) groups excluding carboxylic acids is 6. The van der Waals surface area contributed by atoms with Crippen LogP contribution in [0.1, 0.15) is 163 Å². The first-order valence-electron chi connectivity index (χ1n) is 44.5. The number of hydrogen-bond acceptors (Lipinski definition) is 24. The number of Topliss-reactive ketones (excluding diaryl/α,β-unsaturated/α-hetero) is 1. The number of ketones is 1. The number of rotatable bonds is 30. The second-order valence-electron chi connectivity index (χ2n) is 32.3. The number of phenols is 3. The van der Waals surface area contributed by atoms with Gasteiger partial charge in [-0.2, -0.15) is 0 Å². The van der Waals surface area contributed by atoms with E-state index in [1.807, 2.05) is 13.0 Å². The summed E-state index contributed by atoms with van der Waals surface area (Å²) >= 11 is 9.53. The summed E-state index contributed by atoms with van der Waals surface area (Å²) in [6.45, 7) is 12.7. The molecule has 0 aliphatic heterocycles. The molecule has 3 unspecified atom stereocenters. The number of ether oxygens (including phenoxy) is 9. The van der Waals surface area contributed by atoms with Gasteiger partial charge < -0.3 is 109 Å². The Bertz CT molecular complexity index is 6970. The molecule has 0 saturated carbocycles. The van der Waals surface area contributed by atoms with E-state index in [-0.39, 0.29) is 201 Å². The van der Waals surface area contributed by atoms with Crippen LogP contribution in [0.5, 0.6) is 51.7 Å². The molecule has 5 aliphatic rings. The predicted molar refractivity (Wildman–Crippen MR) is 541 cm³/mol. The van der Waals surface area contributed by atoms with Crippen molar-refractivity contribution in [3.63, 3.8) is 0 Å². The topological polar surface area (TPSA) is 409 Å². The number of benzene rings is 7. The van der Waals surface area contributed by atoms with Gasteiger partial charge in [-0.3, -0.25) is 28.7 Å². The van der Waals surface area contributed by atoms with Crippen molar-refractivity contribution < 1.29 is 162 Å². The van der Waals surface area contributed by atoms with Crippen LogP contribution in [0.25, 0.3) is 45.3 Å². The van der Waals surface area contributed by atoms with Crippen molar-refractivity contribution in [1.29, 1.82) is 10.8 Å². The molecule has 16 rings (SSSR count). The number of amides is 4. The van der Waals surface area contributed by atoms with Gasteiger partial charge in [0.05, 0.1) is 162 Å². The van der Waals surface area contributed by atoms with Gasteiger partial charge in [0.2, 0.25) is 40.9 Å². The molecule has 5 aliphatic carbocycles. The number of halogens is 10. The van der Waals surface area contributed by atoms with Crippen molar-refractivity contribution in [3.8, 4) is 51.7 Å². The first-order valence-corrected chi connectivity index (χ1v) is 45.6. The maximum Gasteiger partial charge on any atom is 1.00 e. The number of phenolic OH excluding ortho intramolecular Hbond substituents is 3. The number of carbonyl (C=O) groups is 6. The molecule has 8 N–H and O–H groups in total. The maximum atomic E-state index is 16.0. The number of hydrogen-bond donors (Lipinski definition) is 8. The van der Waals surface area contributed by atoms with Crippen molar-refractivity contribution in [1.82, 2.24) is 21.3 Å². The zero-order valence-corrected chi connectivity index (χ0v) is 84.8. The smallest absolute Gasteiger partial charge is 0.512 e. The van der Waals surface area contributed by atoms with Gasteiger partial charge in [-0.1, -0.05) is 42.8 Å². The van der Waals surface area contributed by atoms with Gasteiger partial charge in [0.1, 0.15) is 64.1 Å². The third-order valence-electron chi connectivity index (χ3n) is 23.8. The minimum absolute atomic E-state index is 0. The number of aromatic hydroxyl groups is 3. The summed E-state index contributed by atoms with van der Waals surface area (Å²) in [5, 5.41) is 48.1. The summed E-state index contributed by atoms with van der Waals surface area (Å²) in [6, 6.07) is 39.7. The second kappa shape index (κ2) is 57.0. The number of methoxy groups -OCH3 is 9. The molecule has 0 saturated heterocycles. The van der Waals surface area contributed by atoms with Crippen LogP contribution in [0.15, 0.2) is 258 Å². The van der Waals surface area contributed by atoms with Crippen LogP contribution in [0.4, 0.5) is 35.4 Å². The fourth-order valence-electron chi connectivity index (χ4n) is 16.7. The summed E-state index contributed by atoms with van der Waals surface area (Å²) in [7, 11) is 12.2. The van der Waals surface area contributed by atoms with E-state index in [0.717, 1.165) is 34.1 Å². The minimum Gasteiger partial charge on any atom is -0.512 e. The SMILES string of the molecule is C.COC(=O)C=[N+]=N.COC1=CC(=C(F)C2C(C)=C(CC(=O)NCc3ccco3)c3cc(F)ccc32)C=C(OC)C1=O.COc1cc(/C(F)=C2/C(C)=C(CC(=O)NCc3ccco3)c3cc(F)ccc32)cc(OC)c1O.COc1cc(/C=C2/C(C)=C(CC(=O)NCc3ccco3)c3cc(F)ccc32)cc(OC)c1O.COc1cc(C(F)C2C(C)=C(CC(=O)NCc3ccco3)c3cc(F)ccc32)cc(OC)c1O.ClCCl.F.[C-]#N.[Cu+]. The van der Waals surface area contributed by atoms with Crippen LogP contribution in [0.2, 0.25) is 0 Å². The van der Waals surface area contributed by atoms with Crippen molar-refractivity contribution in [2.75, 3.05) is 69.3 Å². The average molecular weight is 2170 g/mol. The molecule has 3 atom stereocenters. The molecule has 0 bridgehead atoms. The fraction of sp³-hybridized carbons (Fsp3) is 0.236. The third-order valence-corrected chi connectivity index (χ3v) is 23.8. The Morgan fingerprint density at radius 3 is 1.20 bits per heavy atom. The number of fused-ring (bicyclic) bond motifs is 4. The van der Waals surface area contributed by atoms with Crippen molar-refractivity contribution >= 4 is 110 Å². The normalized spacial score (nSPS) is 14.2. The van der Waals surface area contributed by atoms with Gasteiger partial charge in [0, 0.05) is 22.6 Å². The molecule has 0 radical (unpaired) electrons. The Kier molecular flexibility index (Phi) is 45.8. The van der Waals surface area contributed by atoms with E-state index < -0.39 is 58.9 Å². The Morgan fingerprint density at radius 1 is 0.480 bits per heavy atom. The number of alkyl halides is 3. The van der Waals surface area contributed by atoms with E-state index in [1.165, 1.54) is 180 Å². The van der Waals surface area contributed by atoms with Gasteiger partial charge >= 0.3 is 29.3 Å². The molecule has 0 fully saturated rings. The summed E-state index contributed by atoms with van der Waals surface area (Å²) in [5.41, 5.74) is 17.9. The molecule has 4 amide bonds. The minimum atomic E-state index is -1.56.